The molecule has 1 N–H and O–H groups in total. The topological polar surface area (TPSA) is 40.1 Å². The van der Waals surface area contributed by atoms with Gasteiger partial charge in [-0.25, -0.2) is 0 Å². The molecule has 2 atom stereocenters. The highest BCUT2D eigenvalue weighted by molar-refractivity contribution is 7.07. The van der Waals surface area contributed by atoms with E-state index in [4.69, 9.17) is 4.74 Å². The Morgan fingerprint density at radius 2 is 2.28 bits per heavy atom. The van der Waals surface area contributed by atoms with Crippen molar-refractivity contribution in [1.29, 1.82) is 0 Å². The van der Waals surface area contributed by atoms with Crippen molar-refractivity contribution in [1.82, 2.24) is 15.1 Å². The minimum absolute atomic E-state index is 0.364. The Labute approximate surface area is 156 Å². The SMILES string of the molecule is CCN(CC)C(CNC(=NC)N1CCC2(CCOC2)C1)c1ccsc1. The smallest absolute Gasteiger partial charge is 0.193 e. The summed E-state index contributed by atoms with van der Waals surface area (Å²) < 4.78 is 5.66. The second-order valence-corrected chi connectivity index (χ2v) is 7.98. The van der Waals surface area contributed by atoms with Crippen LogP contribution in [0.1, 0.15) is 38.3 Å². The van der Waals surface area contributed by atoms with Gasteiger partial charge < -0.3 is 15.0 Å². The maximum Gasteiger partial charge on any atom is 0.193 e. The van der Waals surface area contributed by atoms with Crippen molar-refractivity contribution in [2.45, 2.75) is 32.7 Å². The van der Waals surface area contributed by atoms with Crippen LogP contribution < -0.4 is 5.32 Å². The van der Waals surface area contributed by atoms with Crippen LogP contribution in [0.25, 0.3) is 0 Å². The van der Waals surface area contributed by atoms with E-state index in [0.29, 0.717) is 11.5 Å². The van der Waals surface area contributed by atoms with E-state index >= 15 is 0 Å². The Hall–Kier alpha value is -1.11. The largest absolute Gasteiger partial charge is 0.381 e. The molecule has 140 valence electrons. The molecular formula is C19H32N4OS. The molecule has 1 aromatic rings. The lowest BCUT2D eigenvalue weighted by molar-refractivity contribution is 0.156. The van der Waals surface area contributed by atoms with Crippen LogP contribution in [-0.2, 0) is 4.74 Å². The van der Waals surface area contributed by atoms with E-state index in [9.17, 15) is 0 Å². The fraction of sp³-hybridized carbons (Fsp3) is 0.737. The molecule has 1 aromatic heterocycles. The van der Waals surface area contributed by atoms with Crippen LogP contribution in [0.4, 0.5) is 0 Å². The zero-order valence-electron chi connectivity index (χ0n) is 15.8. The number of hydrogen-bond donors (Lipinski definition) is 1. The van der Waals surface area contributed by atoms with Crippen LogP contribution in [0, 0.1) is 5.41 Å². The van der Waals surface area contributed by atoms with Crippen molar-refractivity contribution in [3.8, 4) is 0 Å². The summed E-state index contributed by atoms with van der Waals surface area (Å²) in [6.45, 7) is 11.5. The van der Waals surface area contributed by atoms with Crippen molar-refractivity contribution in [3.05, 3.63) is 22.4 Å². The molecule has 5 nitrogen and oxygen atoms in total. The van der Waals surface area contributed by atoms with E-state index in [1.165, 1.54) is 18.4 Å². The van der Waals surface area contributed by atoms with Gasteiger partial charge in [0.1, 0.15) is 0 Å². The summed E-state index contributed by atoms with van der Waals surface area (Å²) in [5.41, 5.74) is 1.77. The Balaban J connectivity index is 1.63. The van der Waals surface area contributed by atoms with Gasteiger partial charge in [0.15, 0.2) is 5.96 Å². The molecule has 0 aliphatic carbocycles. The lowest BCUT2D eigenvalue weighted by atomic mass is 9.87. The highest BCUT2D eigenvalue weighted by Gasteiger charge is 2.42. The number of likely N-dealkylation sites (tertiary alicyclic amines) is 1. The molecule has 2 unspecified atom stereocenters. The number of ether oxygens (including phenoxy) is 1. The van der Waals surface area contributed by atoms with Crippen LogP contribution in [0.15, 0.2) is 21.8 Å². The first-order valence-electron chi connectivity index (χ1n) is 9.51. The molecule has 3 rings (SSSR count). The maximum absolute atomic E-state index is 5.66. The third-order valence-electron chi connectivity index (χ3n) is 5.77. The quantitative estimate of drug-likeness (QED) is 0.622. The third kappa shape index (κ3) is 4.18. The van der Waals surface area contributed by atoms with Crippen LogP contribution >= 0.6 is 11.3 Å². The molecule has 0 saturated carbocycles. The normalized spacial score (nSPS) is 25.3. The first-order valence-corrected chi connectivity index (χ1v) is 10.4. The van der Waals surface area contributed by atoms with E-state index in [1.54, 1.807) is 11.3 Å². The van der Waals surface area contributed by atoms with Crippen LogP contribution in [0.3, 0.4) is 0 Å². The predicted octanol–water partition coefficient (Wildman–Crippen LogP) is 2.82. The van der Waals surface area contributed by atoms with Crippen LogP contribution in [0.2, 0.25) is 0 Å². The minimum atomic E-state index is 0.364. The van der Waals surface area contributed by atoms with Gasteiger partial charge >= 0.3 is 0 Å². The number of rotatable bonds is 6. The average Bonchev–Trinajstić information content (AvgIpc) is 3.38. The van der Waals surface area contributed by atoms with E-state index in [1.807, 2.05) is 7.05 Å². The van der Waals surface area contributed by atoms with Gasteiger partial charge in [-0.2, -0.15) is 11.3 Å². The van der Waals surface area contributed by atoms with Gasteiger partial charge in [0.2, 0.25) is 0 Å². The van der Waals surface area contributed by atoms with E-state index in [-0.39, 0.29) is 0 Å². The average molecular weight is 365 g/mol. The molecule has 25 heavy (non-hydrogen) atoms. The lowest BCUT2D eigenvalue weighted by Gasteiger charge is -2.31. The van der Waals surface area contributed by atoms with Crippen molar-refractivity contribution >= 4 is 17.3 Å². The highest BCUT2D eigenvalue weighted by Crippen LogP contribution is 2.38. The predicted molar refractivity (Wildman–Crippen MR) is 105 cm³/mol. The number of nitrogens with zero attached hydrogens (tertiary/aromatic N) is 3. The van der Waals surface area contributed by atoms with Gasteiger partial charge in [0.05, 0.1) is 12.6 Å². The van der Waals surface area contributed by atoms with Gasteiger partial charge in [0, 0.05) is 38.7 Å². The fourth-order valence-electron chi connectivity index (χ4n) is 4.19. The second kappa shape index (κ2) is 8.52. The first-order chi connectivity index (χ1) is 12.2. The molecule has 3 heterocycles. The number of aliphatic imine (C=N–C) groups is 1. The van der Waals surface area contributed by atoms with E-state index in [2.05, 4.69) is 50.8 Å². The Kier molecular flexibility index (Phi) is 6.36. The molecule has 2 fully saturated rings. The zero-order valence-corrected chi connectivity index (χ0v) is 16.6. The first kappa shape index (κ1) is 18.7. The summed E-state index contributed by atoms with van der Waals surface area (Å²) in [6, 6.07) is 2.64. The summed E-state index contributed by atoms with van der Waals surface area (Å²) in [6.07, 6.45) is 2.41. The van der Waals surface area contributed by atoms with Gasteiger partial charge in [-0.3, -0.25) is 9.89 Å². The summed E-state index contributed by atoms with van der Waals surface area (Å²) in [7, 11) is 1.90. The van der Waals surface area contributed by atoms with Crippen LogP contribution in [0.5, 0.6) is 0 Å². The third-order valence-corrected chi connectivity index (χ3v) is 6.47. The number of hydrogen-bond acceptors (Lipinski definition) is 4. The molecular weight excluding hydrogens is 332 g/mol. The number of guanidine groups is 1. The van der Waals surface area contributed by atoms with Crippen LogP contribution in [-0.4, -0.2) is 68.7 Å². The standard InChI is InChI=1S/C19H32N4OS/c1-4-22(5-2)17(16-6-11-25-13-16)12-21-18(20-3)23-9-7-19(14-23)8-10-24-15-19/h6,11,13,17H,4-5,7-10,12,14-15H2,1-3H3,(H,20,21). The summed E-state index contributed by atoms with van der Waals surface area (Å²) >= 11 is 1.78. The van der Waals surface area contributed by atoms with Crippen molar-refractivity contribution in [2.75, 3.05) is 53.0 Å². The molecule has 0 amide bonds. The van der Waals surface area contributed by atoms with Gasteiger partial charge in [-0.15, -0.1) is 0 Å². The van der Waals surface area contributed by atoms with Gasteiger partial charge in [0.25, 0.3) is 0 Å². The van der Waals surface area contributed by atoms with Crippen molar-refractivity contribution in [2.24, 2.45) is 10.4 Å². The number of nitrogens with one attached hydrogen (secondary N) is 1. The number of thiophene rings is 1. The maximum atomic E-state index is 5.66. The zero-order chi connectivity index (χ0) is 17.7. The van der Waals surface area contributed by atoms with Gasteiger partial charge in [-0.05, 0) is 48.3 Å². The molecule has 2 aliphatic rings. The number of likely N-dealkylation sites (N-methyl/N-ethyl adjacent to an activating group) is 1. The summed E-state index contributed by atoms with van der Waals surface area (Å²) in [4.78, 5) is 9.49. The summed E-state index contributed by atoms with van der Waals surface area (Å²) in [5, 5.41) is 8.10. The monoisotopic (exact) mass is 364 g/mol. The molecule has 2 aliphatic heterocycles. The van der Waals surface area contributed by atoms with Crippen molar-refractivity contribution in [3.63, 3.8) is 0 Å². The van der Waals surface area contributed by atoms with Gasteiger partial charge in [-0.1, -0.05) is 13.8 Å². The van der Waals surface area contributed by atoms with E-state index in [0.717, 1.165) is 51.9 Å². The summed E-state index contributed by atoms with van der Waals surface area (Å²) in [5.74, 6) is 1.04. The lowest BCUT2D eigenvalue weighted by Crippen LogP contribution is -2.45. The molecule has 0 bridgehead atoms. The molecule has 0 aromatic carbocycles. The Morgan fingerprint density at radius 1 is 1.44 bits per heavy atom. The minimum Gasteiger partial charge on any atom is -0.381 e. The molecule has 6 heteroatoms. The second-order valence-electron chi connectivity index (χ2n) is 7.20. The van der Waals surface area contributed by atoms with Crippen molar-refractivity contribution < 1.29 is 4.74 Å². The Morgan fingerprint density at radius 3 is 2.88 bits per heavy atom. The molecule has 1 spiro atoms. The molecule has 2 saturated heterocycles. The molecule has 0 radical (unpaired) electrons. The fourth-order valence-corrected chi connectivity index (χ4v) is 4.90. The highest BCUT2D eigenvalue weighted by atomic mass is 32.1. The Bertz CT molecular complexity index is 550. The van der Waals surface area contributed by atoms with E-state index < -0.39 is 0 Å².